The maximum atomic E-state index is 12.4. The summed E-state index contributed by atoms with van der Waals surface area (Å²) in [5, 5.41) is 5.61. The highest BCUT2D eigenvalue weighted by atomic mass is 16.5. The monoisotopic (exact) mass is 310 g/mol. The van der Waals surface area contributed by atoms with E-state index < -0.39 is 6.10 Å². The van der Waals surface area contributed by atoms with Gasteiger partial charge in [-0.15, -0.1) is 0 Å². The second-order valence-electron chi connectivity index (χ2n) is 5.79. The topological polar surface area (TPSA) is 67.4 Å². The number of fused-ring (bicyclic) bond motifs is 1. The molecule has 1 aliphatic rings. The molecular weight excluding hydrogens is 292 g/mol. The predicted molar refractivity (Wildman–Crippen MR) is 89.0 cm³/mol. The summed E-state index contributed by atoms with van der Waals surface area (Å²) >= 11 is 0. The first-order valence-corrected chi connectivity index (χ1v) is 7.43. The van der Waals surface area contributed by atoms with Crippen molar-refractivity contribution in [2.45, 2.75) is 26.9 Å². The van der Waals surface area contributed by atoms with E-state index in [0.717, 1.165) is 11.1 Å². The normalized spacial score (nSPS) is 16.1. The smallest absolute Gasteiger partial charge is 0.265 e. The summed E-state index contributed by atoms with van der Waals surface area (Å²) in [5.41, 5.74) is 3.84. The predicted octanol–water partition coefficient (Wildman–Crippen LogP) is 3.28. The number of hydrogen-bond acceptors (Lipinski definition) is 3. The third-order valence-corrected chi connectivity index (χ3v) is 3.65. The fourth-order valence-electron chi connectivity index (χ4n) is 2.60. The van der Waals surface area contributed by atoms with Crippen LogP contribution in [0.4, 0.5) is 11.4 Å². The molecule has 5 nitrogen and oxygen atoms in total. The summed E-state index contributed by atoms with van der Waals surface area (Å²) < 4.78 is 5.50. The van der Waals surface area contributed by atoms with Gasteiger partial charge in [-0.1, -0.05) is 17.2 Å². The molecule has 0 aromatic heterocycles. The van der Waals surface area contributed by atoms with Crippen LogP contribution in [0.5, 0.6) is 5.75 Å². The number of amides is 2. The van der Waals surface area contributed by atoms with Crippen molar-refractivity contribution in [3.63, 3.8) is 0 Å². The molecular formula is C18H18N2O3. The highest BCUT2D eigenvalue weighted by Gasteiger charge is 2.23. The molecule has 0 saturated carbocycles. The third-order valence-electron chi connectivity index (χ3n) is 3.65. The second-order valence-corrected chi connectivity index (χ2v) is 5.79. The van der Waals surface area contributed by atoms with E-state index in [0.29, 0.717) is 22.7 Å². The van der Waals surface area contributed by atoms with Crippen LogP contribution in [0.3, 0.4) is 0 Å². The fraction of sp³-hybridized carbons (Fsp3) is 0.222. The van der Waals surface area contributed by atoms with Gasteiger partial charge in [-0.25, -0.2) is 0 Å². The minimum absolute atomic E-state index is 0.187. The van der Waals surface area contributed by atoms with Crippen LogP contribution in [0.2, 0.25) is 0 Å². The molecule has 0 spiro atoms. The zero-order chi connectivity index (χ0) is 16.6. The molecule has 1 heterocycles. The second kappa shape index (κ2) is 5.76. The zero-order valence-corrected chi connectivity index (χ0v) is 13.3. The molecule has 1 aliphatic heterocycles. The van der Waals surface area contributed by atoms with Crippen LogP contribution in [0.1, 0.15) is 28.4 Å². The highest BCUT2D eigenvalue weighted by molar-refractivity contribution is 6.05. The van der Waals surface area contributed by atoms with Crippen molar-refractivity contribution in [3.05, 3.63) is 53.1 Å². The molecule has 3 rings (SSSR count). The Morgan fingerprint density at radius 3 is 2.52 bits per heavy atom. The lowest BCUT2D eigenvalue weighted by Gasteiger charge is -2.23. The summed E-state index contributed by atoms with van der Waals surface area (Å²) in [6, 6.07) is 10.9. The lowest BCUT2D eigenvalue weighted by atomic mass is 10.1. The van der Waals surface area contributed by atoms with Crippen molar-refractivity contribution in [1.29, 1.82) is 0 Å². The van der Waals surface area contributed by atoms with Gasteiger partial charge in [0.05, 0.1) is 5.69 Å². The summed E-state index contributed by atoms with van der Waals surface area (Å²) in [5.74, 6) is 0.213. The summed E-state index contributed by atoms with van der Waals surface area (Å²) in [6.45, 7) is 5.60. The van der Waals surface area contributed by atoms with E-state index in [1.54, 1.807) is 25.1 Å². The molecule has 5 heteroatoms. The van der Waals surface area contributed by atoms with E-state index in [1.807, 2.05) is 32.0 Å². The van der Waals surface area contributed by atoms with Crippen LogP contribution >= 0.6 is 0 Å². The van der Waals surface area contributed by atoms with Gasteiger partial charge in [0.25, 0.3) is 11.8 Å². The molecule has 0 aliphatic carbocycles. The molecule has 0 unspecified atom stereocenters. The fourth-order valence-corrected chi connectivity index (χ4v) is 2.60. The number of anilines is 2. The van der Waals surface area contributed by atoms with Gasteiger partial charge in [0.1, 0.15) is 5.75 Å². The molecule has 23 heavy (non-hydrogen) atoms. The Morgan fingerprint density at radius 2 is 1.83 bits per heavy atom. The highest BCUT2D eigenvalue weighted by Crippen LogP contribution is 2.32. The molecule has 0 bridgehead atoms. The van der Waals surface area contributed by atoms with Gasteiger partial charge >= 0.3 is 0 Å². The summed E-state index contributed by atoms with van der Waals surface area (Å²) in [4.78, 5) is 24.0. The number of hydrogen-bond donors (Lipinski definition) is 2. The average molecular weight is 310 g/mol. The molecule has 2 N–H and O–H groups in total. The molecule has 2 amide bonds. The van der Waals surface area contributed by atoms with Gasteiger partial charge in [-0.3, -0.25) is 9.59 Å². The van der Waals surface area contributed by atoms with Crippen molar-refractivity contribution in [3.8, 4) is 5.75 Å². The minimum Gasteiger partial charge on any atom is -0.479 e. The van der Waals surface area contributed by atoms with Gasteiger partial charge in [0.15, 0.2) is 6.10 Å². The maximum absolute atomic E-state index is 12.4. The minimum atomic E-state index is -0.516. The van der Waals surface area contributed by atoms with Crippen molar-refractivity contribution in [1.82, 2.24) is 0 Å². The Morgan fingerprint density at radius 1 is 1.13 bits per heavy atom. The molecule has 2 aromatic rings. The van der Waals surface area contributed by atoms with Crippen molar-refractivity contribution in [2.24, 2.45) is 0 Å². The van der Waals surface area contributed by atoms with Gasteiger partial charge in [-0.05, 0) is 51.1 Å². The van der Waals surface area contributed by atoms with E-state index >= 15 is 0 Å². The maximum Gasteiger partial charge on any atom is 0.265 e. The standard InChI is InChI=1S/C18H18N2O3/c1-10-6-11(2)8-13(7-10)18(22)19-14-4-5-16-15(9-14)20-17(21)12(3)23-16/h4-9,12H,1-3H3,(H,19,22)(H,20,21)/t12-/m1/s1. The Bertz CT molecular complexity index is 779. The van der Waals surface area contributed by atoms with Crippen molar-refractivity contribution >= 4 is 23.2 Å². The van der Waals surface area contributed by atoms with Gasteiger partial charge < -0.3 is 15.4 Å². The lowest BCUT2D eigenvalue weighted by Crippen LogP contribution is -2.34. The van der Waals surface area contributed by atoms with Gasteiger partial charge in [0, 0.05) is 11.3 Å². The summed E-state index contributed by atoms with van der Waals surface area (Å²) in [7, 11) is 0. The molecule has 1 atom stereocenters. The van der Waals surface area contributed by atoms with Crippen molar-refractivity contribution in [2.75, 3.05) is 10.6 Å². The first-order chi connectivity index (χ1) is 10.9. The molecule has 0 saturated heterocycles. The van der Waals surface area contributed by atoms with Crippen LogP contribution in [-0.2, 0) is 4.79 Å². The summed E-state index contributed by atoms with van der Waals surface area (Å²) in [6.07, 6.45) is -0.516. The Hall–Kier alpha value is -2.82. The lowest BCUT2D eigenvalue weighted by molar-refractivity contribution is -0.122. The van der Waals surface area contributed by atoms with E-state index in [2.05, 4.69) is 10.6 Å². The Balaban J connectivity index is 1.82. The van der Waals surface area contributed by atoms with E-state index in [-0.39, 0.29) is 11.8 Å². The number of nitrogens with one attached hydrogen (secondary N) is 2. The van der Waals surface area contributed by atoms with E-state index in [1.165, 1.54) is 0 Å². The number of aryl methyl sites for hydroxylation is 2. The molecule has 118 valence electrons. The number of rotatable bonds is 2. The van der Waals surface area contributed by atoms with Crippen LogP contribution in [-0.4, -0.2) is 17.9 Å². The first-order valence-electron chi connectivity index (χ1n) is 7.43. The molecule has 2 aromatic carbocycles. The van der Waals surface area contributed by atoms with Crippen molar-refractivity contribution < 1.29 is 14.3 Å². The van der Waals surface area contributed by atoms with Crippen LogP contribution in [0, 0.1) is 13.8 Å². The van der Waals surface area contributed by atoms with Crippen LogP contribution in [0.25, 0.3) is 0 Å². The molecule has 0 fully saturated rings. The largest absolute Gasteiger partial charge is 0.479 e. The third kappa shape index (κ3) is 3.18. The van der Waals surface area contributed by atoms with Crippen LogP contribution < -0.4 is 15.4 Å². The number of carbonyl (C=O) groups is 2. The van der Waals surface area contributed by atoms with Gasteiger partial charge in [-0.2, -0.15) is 0 Å². The number of benzene rings is 2. The first kappa shape index (κ1) is 15.1. The van der Waals surface area contributed by atoms with Crippen LogP contribution in [0.15, 0.2) is 36.4 Å². The SMILES string of the molecule is Cc1cc(C)cc(C(=O)Nc2ccc3c(c2)NC(=O)[C@@H](C)O3)c1. The van der Waals surface area contributed by atoms with E-state index in [9.17, 15) is 9.59 Å². The quantitative estimate of drug-likeness (QED) is 0.894. The molecule has 0 radical (unpaired) electrons. The van der Waals surface area contributed by atoms with Gasteiger partial charge in [0.2, 0.25) is 0 Å². The number of carbonyl (C=O) groups excluding carboxylic acids is 2. The van der Waals surface area contributed by atoms with E-state index in [4.69, 9.17) is 4.74 Å². The Labute approximate surface area is 134 Å². The zero-order valence-electron chi connectivity index (χ0n) is 13.3. The average Bonchev–Trinajstić information content (AvgIpc) is 2.47. The number of ether oxygens (including phenoxy) is 1. The Kier molecular flexibility index (Phi) is 3.78.